The molecule has 0 bridgehead atoms. The van der Waals surface area contributed by atoms with Gasteiger partial charge in [-0.2, -0.15) is 0 Å². The maximum absolute atomic E-state index is 15.2. The summed E-state index contributed by atoms with van der Waals surface area (Å²) in [6.45, 7) is 28.5. The minimum absolute atomic E-state index is 0. The molecule has 12 unspecified atom stereocenters. The number of rotatable bonds is 18. The molecule has 10 rings (SSSR count). The van der Waals surface area contributed by atoms with Crippen LogP contribution in [-0.2, 0) is 63.8 Å². The third kappa shape index (κ3) is 20.7. The Morgan fingerprint density at radius 1 is 0.575 bits per heavy atom. The highest BCUT2D eigenvalue weighted by atomic mass is 35.5. The first-order valence-corrected chi connectivity index (χ1v) is 41.2. The highest BCUT2D eigenvalue weighted by molar-refractivity contribution is 6.11. The summed E-state index contributed by atoms with van der Waals surface area (Å²) in [4.78, 5) is 202. The van der Waals surface area contributed by atoms with Gasteiger partial charge in [0.15, 0.2) is 45.9 Å². The third-order valence-electron chi connectivity index (χ3n) is 22.8. The number of ether oxygens (including phenoxy) is 6. The van der Waals surface area contributed by atoms with Gasteiger partial charge in [-0.05, 0) is 158 Å². The molecule has 6 aliphatic rings. The van der Waals surface area contributed by atoms with E-state index < -0.39 is 196 Å². The number of anilines is 1. The molecule has 0 radical (unpaired) electrons. The predicted octanol–water partition coefficient (Wildman–Crippen LogP) is 8.56. The summed E-state index contributed by atoms with van der Waals surface area (Å²) in [7, 11) is 5.66. The fourth-order valence-electron chi connectivity index (χ4n) is 16.5. The molecule has 4 aromatic rings. The summed E-state index contributed by atoms with van der Waals surface area (Å²) in [5, 5.41) is 12.9. The number of carbonyl (C=O) groups excluding carboxylic acids is 12. The van der Waals surface area contributed by atoms with Gasteiger partial charge in [0, 0.05) is 75.4 Å². The fourth-order valence-corrected chi connectivity index (χ4v) is 16.5. The Morgan fingerprint density at radius 3 is 1.49 bits per heavy atom. The molecular formula is C88H118ClN11O20. The van der Waals surface area contributed by atoms with Crippen molar-refractivity contribution in [3.8, 4) is 34.5 Å². The molecule has 120 heavy (non-hydrogen) atoms. The summed E-state index contributed by atoms with van der Waals surface area (Å²) >= 11 is 0. The maximum Gasteiger partial charge on any atom is 0.329 e. The van der Waals surface area contributed by atoms with E-state index in [-0.39, 0.29) is 46.1 Å². The van der Waals surface area contributed by atoms with Crippen LogP contribution < -0.4 is 51.4 Å². The molecule has 3 aliphatic heterocycles. The van der Waals surface area contributed by atoms with Gasteiger partial charge in [-0.3, -0.25) is 57.7 Å². The van der Waals surface area contributed by atoms with Gasteiger partial charge in [0.05, 0.1) is 74.1 Å². The first-order chi connectivity index (χ1) is 56.3. The molecule has 652 valence electrons. The molecule has 2 saturated heterocycles. The topological polar surface area (TPSA) is 403 Å². The molecule has 1 aromatic heterocycles. The minimum atomic E-state index is -1.86. The number of nitrogens with one attached hydrogen (secondary N) is 4. The lowest BCUT2D eigenvalue weighted by molar-refractivity contribution is -0.163. The number of aryl methyl sites for hydroxylation is 1. The number of ketones is 2. The average molecular weight is 1690 g/mol. The van der Waals surface area contributed by atoms with Crippen molar-refractivity contribution >= 4 is 111 Å². The summed E-state index contributed by atoms with van der Waals surface area (Å²) < 4.78 is 41.3. The van der Waals surface area contributed by atoms with Crippen molar-refractivity contribution in [2.45, 2.75) is 204 Å². The van der Waals surface area contributed by atoms with E-state index in [9.17, 15) is 52.7 Å². The van der Waals surface area contributed by atoms with E-state index in [1.54, 1.807) is 62.3 Å². The molecule has 8 amide bonds. The van der Waals surface area contributed by atoms with Crippen molar-refractivity contribution in [2.75, 3.05) is 73.4 Å². The SMILES string of the molecule is CCOc1ccc(Cc2nccc3cc(OCC)c(OCC)cc23)cc1OCC.Cc1c2oc3c(C)ccc(C(=O)NC4C(=O)NC(C(C)C)C(=O)C5CCCC5C(=O)N(C)CC(=O)N(C)C(C(C)C)C(=O)OC4C)c3nc-2c(C(=O)NC2C(=O)NC(C(C)C)C(=O)C3CCCC3C(=O)N(C)CC(=O)N(C)C(C(C)C)C(=O)OC2C)c(N)c1=O.Cl. The van der Waals surface area contributed by atoms with Crippen LogP contribution in [-0.4, -0.2) is 216 Å². The maximum atomic E-state index is 15.2. The van der Waals surface area contributed by atoms with E-state index in [1.165, 1.54) is 70.9 Å². The monoisotopic (exact) mass is 1680 g/mol. The van der Waals surface area contributed by atoms with E-state index in [0.29, 0.717) is 76.9 Å². The van der Waals surface area contributed by atoms with Gasteiger partial charge in [-0.1, -0.05) is 80.4 Å². The third-order valence-corrected chi connectivity index (χ3v) is 22.8. The number of nitrogens with zero attached hydrogens (tertiary/aromatic N) is 6. The number of nitrogens with two attached hydrogens (primary N) is 1. The lowest BCUT2D eigenvalue weighted by atomic mass is 9.83. The number of likely N-dealkylation sites (N-methyl/N-ethyl adjacent to an activating group) is 4. The fraction of sp³-hybridized carbons (Fsp3) is 0.557. The summed E-state index contributed by atoms with van der Waals surface area (Å²) in [6.07, 6.45) is 1.87. The normalized spacial score (nSPS) is 23.5. The number of hydrogen-bond acceptors (Lipinski definition) is 23. The van der Waals surface area contributed by atoms with Crippen LogP contribution >= 0.6 is 12.4 Å². The Morgan fingerprint density at radius 2 is 1.02 bits per heavy atom. The second-order valence-electron chi connectivity index (χ2n) is 32.7. The number of hydrogen-bond donors (Lipinski definition) is 5. The van der Waals surface area contributed by atoms with E-state index in [0.717, 1.165) is 54.8 Å². The molecule has 3 aromatic carbocycles. The number of fused-ring (bicyclic) bond motifs is 5. The van der Waals surface area contributed by atoms with Crippen molar-refractivity contribution < 1.29 is 90.4 Å². The molecule has 12 atom stereocenters. The second-order valence-corrected chi connectivity index (χ2v) is 32.7. The average Bonchev–Trinajstić information content (AvgIpc) is 0.756. The van der Waals surface area contributed by atoms with Gasteiger partial charge in [0.2, 0.25) is 40.9 Å². The van der Waals surface area contributed by atoms with Crippen LogP contribution in [0.5, 0.6) is 23.0 Å². The number of nitrogen functional groups attached to an aromatic ring is 1. The number of Topliss-reactive ketones (excluding diaryl/α,β-unsaturated/α-hetero) is 2. The molecule has 2 saturated carbocycles. The molecule has 3 aliphatic carbocycles. The van der Waals surface area contributed by atoms with Crippen LogP contribution in [0.2, 0.25) is 0 Å². The molecule has 32 heteroatoms. The van der Waals surface area contributed by atoms with Gasteiger partial charge in [0.25, 0.3) is 11.8 Å². The summed E-state index contributed by atoms with van der Waals surface area (Å²) in [5.74, 6) is -11.8. The lowest BCUT2D eigenvalue weighted by Crippen LogP contribution is -2.59. The molecule has 6 N–H and O–H groups in total. The van der Waals surface area contributed by atoms with Crippen LogP contribution in [0.1, 0.15) is 179 Å². The number of esters is 2. The van der Waals surface area contributed by atoms with Crippen molar-refractivity contribution in [2.24, 2.45) is 47.3 Å². The van der Waals surface area contributed by atoms with E-state index in [2.05, 4.69) is 32.3 Å². The lowest BCUT2D eigenvalue weighted by Gasteiger charge is -2.35. The van der Waals surface area contributed by atoms with Crippen LogP contribution in [0.15, 0.2) is 63.9 Å². The molecule has 4 heterocycles. The number of amides is 8. The zero-order chi connectivity index (χ0) is 87.6. The van der Waals surface area contributed by atoms with Gasteiger partial charge in [0.1, 0.15) is 47.6 Å². The van der Waals surface area contributed by atoms with E-state index in [4.69, 9.17) is 43.6 Å². The summed E-state index contributed by atoms with van der Waals surface area (Å²) in [6, 6.07) is 6.41. The Bertz CT molecular complexity index is 4870. The number of cyclic esters (lactones) is 2. The number of carbonyl (C=O) groups is 12. The molecule has 0 spiro atoms. The zero-order valence-corrected chi connectivity index (χ0v) is 73.3. The number of aromatic nitrogens is 2. The molecule has 31 nitrogen and oxygen atoms in total. The Hall–Kier alpha value is -11.0. The Balaban J connectivity index is 0.000000500. The Kier molecular flexibility index (Phi) is 32.2. The van der Waals surface area contributed by atoms with Crippen molar-refractivity contribution in [1.82, 2.24) is 50.8 Å². The van der Waals surface area contributed by atoms with Gasteiger partial charge in [-0.15, -0.1) is 12.4 Å². The highest BCUT2D eigenvalue weighted by Gasteiger charge is 2.48. The smallest absolute Gasteiger partial charge is 0.329 e. The van der Waals surface area contributed by atoms with Crippen LogP contribution in [0.3, 0.4) is 0 Å². The number of benzene rings is 4. The molecule has 4 fully saturated rings. The number of pyridine rings is 1. The van der Waals surface area contributed by atoms with Gasteiger partial charge < -0.3 is 79.4 Å². The van der Waals surface area contributed by atoms with Gasteiger partial charge >= 0.3 is 11.9 Å². The largest absolute Gasteiger partial charge is 0.490 e. The minimum Gasteiger partial charge on any atom is -0.490 e. The van der Waals surface area contributed by atoms with Crippen LogP contribution in [0, 0.1) is 61.2 Å². The van der Waals surface area contributed by atoms with E-state index >= 15 is 9.59 Å². The van der Waals surface area contributed by atoms with Crippen LogP contribution in [0.25, 0.3) is 33.3 Å². The number of halogens is 1. The van der Waals surface area contributed by atoms with Crippen molar-refractivity contribution in [3.63, 3.8) is 0 Å². The standard InChI is InChI=1S/C64H88N10O16.C24H29NO4.ClH/c1-27(2)44-53(78)35-19-17-21-37(35)61(84)71(13)25-40(75)73(15)50(29(5)6)63(86)88-33(11)46(59(82)67-44)69-57(80)39-24-23-31(9)55-48(39)66-49-42(43(65)52(77)32(10)56(49)90-55)58(81)70-47-34(12)89-64(87)51(30(7)8)74(16)41(76)26-72(14)62(85)38-22-18-20-36(38)54(79)45(28(3)4)68-60(47)83;1-5-26-21-10-9-17(14-22(21)27-6-2)13-20-19-16-24(29-8-4)23(28-7-3)15-18(19)11-12-25-20;/h23-24,27-30,33-38,44-47,50-51H,17-22,25-26,65H2,1-16H3,(H,67,82)(H,68,83)(H,69,80)(H,70,81);9-12,14-16H,5-8,13H2,1-4H3;1H. The predicted molar refractivity (Wildman–Crippen MR) is 451 cm³/mol. The Labute approximate surface area is 706 Å². The van der Waals surface area contributed by atoms with Gasteiger partial charge in [-0.25, -0.2) is 14.6 Å². The highest BCUT2D eigenvalue weighted by Crippen LogP contribution is 2.41. The molecular weight excluding hydrogens is 1570 g/mol. The van der Waals surface area contributed by atoms with E-state index in [1.807, 2.05) is 64.2 Å². The zero-order valence-electron chi connectivity index (χ0n) is 72.5. The summed E-state index contributed by atoms with van der Waals surface area (Å²) in [5.41, 5.74) is 5.77. The van der Waals surface area contributed by atoms with Crippen molar-refractivity contribution in [1.29, 1.82) is 0 Å². The first-order valence-electron chi connectivity index (χ1n) is 41.2. The van der Waals surface area contributed by atoms with Crippen molar-refractivity contribution in [3.05, 3.63) is 98.5 Å². The second kappa shape index (κ2) is 40.9. The van der Waals surface area contributed by atoms with Crippen LogP contribution in [0.4, 0.5) is 5.69 Å². The first kappa shape index (κ1) is 94.5. The quantitative estimate of drug-likeness (QED) is 0.0305.